The van der Waals surface area contributed by atoms with E-state index in [1.165, 1.54) is 12.1 Å². The summed E-state index contributed by atoms with van der Waals surface area (Å²) >= 11 is 0. The Labute approximate surface area is 170 Å². The maximum atomic E-state index is 13.5. The molecule has 1 aromatic heterocycles. The number of rotatable bonds is 5. The van der Waals surface area contributed by atoms with Crippen LogP contribution in [0.5, 0.6) is 0 Å². The Bertz CT molecular complexity index is 888. The van der Waals surface area contributed by atoms with Gasteiger partial charge in [-0.2, -0.15) is 0 Å². The number of amides is 3. The van der Waals surface area contributed by atoms with Gasteiger partial charge in [0.2, 0.25) is 5.91 Å². The quantitative estimate of drug-likeness (QED) is 0.841. The van der Waals surface area contributed by atoms with Crippen LogP contribution in [0, 0.1) is 5.82 Å². The Kier molecular flexibility index (Phi) is 5.30. The van der Waals surface area contributed by atoms with Crippen molar-refractivity contribution in [3.8, 4) is 0 Å². The summed E-state index contributed by atoms with van der Waals surface area (Å²) in [5.74, 6) is -0.388. The highest BCUT2D eigenvalue weighted by atomic mass is 19.1. The molecule has 0 spiro atoms. The molecule has 0 saturated heterocycles. The van der Waals surface area contributed by atoms with Gasteiger partial charge in [0.1, 0.15) is 12.4 Å². The van der Waals surface area contributed by atoms with Crippen LogP contribution in [0.25, 0.3) is 0 Å². The molecule has 2 aromatic rings. The van der Waals surface area contributed by atoms with Crippen molar-refractivity contribution in [3.63, 3.8) is 0 Å². The van der Waals surface area contributed by atoms with Gasteiger partial charge >= 0.3 is 6.03 Å². The average Bonchev–Trinajstić information content (AvgIpc) is 3.41. The molecular formula is C22H27FN4O2. The van der Waals surface area contributed by atoms with E-state index in [4.69, 9.17) is 0 Å². The maximum Gasteiger partial charge on any atom is 0.318 e. The number of carbonyl (C=O) groups is 2. The van der Waals surface area contributed by atoms with E-state index in [1.807, 2.05) is 37.1 Å². The van der Waals surface area contributed by atoms with Crippen molar-refractivity contribution in [2.45, 2.75) is 51.4 Å². The Morgan fingerprint density at radius 3 is 2.55 bits per heavy atom. The molecule has 1 aliphatic carbocycles. The molecular weight excluding hydrogens is 371 g/mol. The van der Waals surface area contributed by atoms with Crippen molar-refractivity contribution >= 4 is 11.9 Å². The molecule has 0 unspecified atom stereocenters. The van der Waals surface area contributed by atoms with Gasteiger partial charge in [0, 0.05) is 37.1 Å². The monoisotopic (exact) mass is 398 g/mol. The number of nitrogens with zero attached hydrogens (tertiary/aromatic N) is 3. The van der Waals surface area contributed by atoms with Crippen LogP contribution in [0.1, 0.15) is 44.0 Å². The first-order chi connectivity index (χ1) is 13.9. The normalized spacial score (nSPS) is 18.5. The van der Waals surface area contributed by atoms with E-state index in [1.54, 1.807) is 17.0 Å². The molecule has 1 aromatic carbocycles. The fourth-order valence-electron chi connectivity index (χ4n) is 3.97. The number of halogens is 1. The number of aromatic nitrogens is 1. The smallest absolute Gasteiger partial charge is 0.318 e. The standard InChI is InChI=1S/C22H27FN4O2/c1-15(2)24-22(29)27(18-9-10-18)14-20(28)26-13-12-25-11-3-4-19(25)21(26)16-5-7-17(23)8-6-16/h3-8,11,15,18,21H,9-10,12-14H2,1-2H3,(H,24,29)/t21-/m1/s1. The van der Waals surface area contributed by atoms with Crippen molar-refractivity contribution in [2.24, 2.45) is 0 Å². The predicted molar refractivity (Wildman–Crippen MR) is 108 cm³/mol. The molecule has 1 N–H and O–H groups in total. The first-order valence-electron chi connectivity index (χ1n) is 10.2. The second-order valence-electron chi connectivity index (χ2n) is 8.13. The largest absolute Gasteiger partial charge is 0.348 e. The molecule has 1 atom stereocenters. The SMILES string of the molecule is CC(C)NC(=O)N(CC(=O)N1CCn2cccc2[C@H]1c1ccc(F)cc1)C1CC1. The van der Waals surface area contributed by atoms with Crippen LogP contribution in [-0.2, 0) is 11.3 Å². The van der Waals surface area contributed by atoms with Crippen molar-refractivity contribution in [1.82, 2.24) is 19.7 Å². The Balaban J connectivity index is 1.59. The summed E-state index contributed by atoms with van der Waals surface area (Å²) in [5, 5.41) is 2.90. The molecule has 0 bridgehead atoms. The summed E-state index contributed by atoms with van der Waals surface area (Å²) in [4.78, 5) is 29.4. The van der Waals surface area contributed by atoms with E-state index in [-0.39, 0.29) is 42.4 Å². The molecule has 4 rings (SSSR count). The zero-order valence-corrected chi connectivity index (χ0v) is 16.8. The fraction of sp³-hybridized carbons (Fsp3) is 0.455. The lowest BCUT2D eigenvalue weighted by Crippen LogP contribution is -2.51. The van der Waals surface area contributed by atoms with E-state index >= 15 is 0 Å². The Morgan fingerprint density at radius 2 is 1.90 bits per heavy atom. The van der Waals surface area contributed by atoms with Gasteiger partial charge in [-0.1, -0.05) is 12.1 Å². The minimum atomic E-state index is -0.303. The van der Waals surface area contributed by atoms with Gasteiger partial charge in [-0.25, -0.2) is 9.18 Å². The first kappa shape index (κ1) is 19.5. The Morgan fingerprint density at radius 1 is 1.17 bits per heavy atom. The third-order valence-electron chi connectivity index (χ3n) is 5.51. The summed E-state index contributed by atoms with van der Waals surface area (Å²) < 4.78 is 15.6. The van der Waals surface area contributed by atoms with E-state index in [0.717, 1.165) is 24.1 Å². The highest BCUT2D eigenvalue weighted by Gasteiger charge is 2.38. The number of benzene rings is 1. The average molecular weight is 398 g/mol. The molecule has 0 radical (unpaired) electrons. The van der Waals surface area contributed by atoms with Crippen LogP contribution in [0.2, 0.25) is 0 Å². The second-order valence-corrected chi connectivity index (χ2v) is 8.13. The fourth-order valence-corrected chi connectivity index (χ4v) is 3.97. The number of nitrogens with one attached hydrogen (secondary N) is 1. The zero-order valence-electron chi connectivity index (χ0n) is 16.8. The predicted octanol–water partition coefficient (Wildman–Crippen LogP) is 3.14. The lowest BCUT2D eigenvalue weighted by molar-refractivity contribution is -0.134. The van der Waals surface area contributed by atoms with Crippen molar-refractivity contribution in [2.75, 3.05) is 13.1 Å². The van der Waals surface area contributed by atoms with Crippen LogP contribution >= 0.6 is 0 Å². The highest BCUT2D eigenvalue weighted by molar-refractivity contribution is 5.85. The lowest BCUT2D eigenvalue weighted by atomic mass is 9.99. The number of hydrogen-bond acceptors (Lipinski definition) is 2. The van der Waals surface area contributed by atoms with E-state index in [0.29, 0.717) is 13.1 Å². The number of carbonyl (C=O) groups excluding carboxylic acids is 2. The third kappa shape index (κ3) is 4.13. The summed E-state index contributed by atoms with van der Waals surface area (Å²) in [5.41, 5.74) is 1.87. The Hall–Kier alpha value is -2.83. The van der Waals surface area contributed by atoms with Crippen LogP contribution in [0.3, 0.4) is 0 Å². The van der Waals surface area contributed by atoms with E-state index in [9.17, 15) is 14.0 Å². The first-order valence-corrected chi connectivity index (χ1v) is 10.2. The number of hydrogen-bond donors (Lipinski definition) is 1. The van der Waals surface area contributed by atoms with Gasteiger partial charge < -0.3 is 19.7 Å². The van der Waals surface area contributed by atoms with Gasteiger partial charge in [-0.3, -0.25) is 4.79 Å². The molecule has 7 heteroatoms. The number of fused-ring (bicyclic) bond motifs is 1. The maximum absolute atomic E-state index is 13.5. The minimum Gasteiger partial charge on any atom is -0.348 e. The van der Waals surface area contributed by atoms with Crippen molar-refractivity contribution in [3.05, 3.63) is 59.7 Å². The molecule has 3 amide bonds. The molecule has 29 heavy (non-hydrogen) atoms. The van der Waals surface area contributed by atoms with Gasteiger partial charge in [0.05, 0.1) is 6.04 Å². The van der Waals surface area contributed by atoms with Crippen LogP contribution < -0.4 is 5.32 Å². The van der Waals surface area contributed by atoms with Gasteiger partial charge in [0.25, 0.3) is 0 Å². The van der Waals surface area contributed by atoms with Crippen molar-refractivity contribution in [1.29, 1.82) is 0 Å². The highest BCUT2D eigenvalue weighted by Crippen LogP contribution is 2.33. The minimum absolute atomic E-state index is 0.0177. The molecule has 1 aliphatic heterocycles. The molecule has 2 aliphatic rings. The van der Waals surface area contributed by atoms with Gasteiger partial charge in [0.15, 0.2) is 0 Å². The van der Waals surface area contributed by atoms with Crippen LogP contribution in [-0.4, -0.2) is 51.5 Å². The van der Waals surface area contributed by atoms with Crippen molar-refractivity contribution < 1.29 is 14.0 Å². The van der Waals surface area contributed by atoms with E-state index < -0.39 is 0 Å². The lowest BCUT2D eigenvalue weighted by Gasteiger charge is -2.38. The third-order valence-corrected chi connectivity index (χ3v) is 5.51. The van der Waals surface area contributed by atoms with Crippen LogP contribution in [0.15, 0.2) is 42.6 Å². The van der Waals surface area contributed by atoms with Gasteiger partial charge in [-0.05, 0) is 56.5 Å². The summed E-state index contributed by atoms with van der Waals surface area (Å²) in [7, 11) is 0. The van der Waals surface area contributed by atoms with Gasteiger partial charge in [-0.15, -0.1) is 0 Å². The van der Waals surface area contributed by atoms with Crippen LogP contribution in [0.4, 0.5) is 9.18 Å². The molecule has 1 fully saturated rings. The second kappa shape index (κ2) is 7.89. The molecule has 1 saturated carbocycles. The topological polar surface area (TPSA) is 57.6 Å². The summed E-state index contributed by atoms with van der Waals surface area (Å²) in [6.07, 6.45) is 3.87. The summed E-state index contributed by atoms with van der Waals surface area (Å²) in [6.45, 7) is 5.13. The van der Waals surface area contributed by atoms with E-state index in [2.05, 4.69) is 9.88 Å². The molecule has 154 valence electrons. The number of urea groups is 1. The summed E-state index contributed by atoms with van der Waals surface area (Å²) in [6, 6.07) is 9.94. The molecule has 6 nitrogen and oxygen atoms in total. The zero-order chi connectivity index (χ0) is 20.5. The molecule has 2 heterocycles.